The predicted molar refractivity (Wildman–Crippen MR) is 75.4 cm³/mol. The van der Waals surface area contributed by atoms with E-state index in [4.69, 9.17) is 4.74 Å². The Morgan fingerprint density at radius 2 is 1.28 bits per heavy atom. The zero-order chi connectivity index (χ0) is 12.6. The van der Waals surface area contributed by atoms with E-state index in [0.29, 0.717) is 13.2 Å². The van der Waals surface area contributed by atoms with Gasteiger partial charge in [0.15, 0.2) is 0 Å². The van der Waals surface area contributed by atoms with Gasteiger partial charge in [-0.1, -0.05) is 67.9 Å². The lowest BCUT2D eigenvalue weighted by Gasteiger charge is -2.05. The van der Waals surface area contributed by atoms with Gasteiger partial charge in [-0.15, -0.1) is 0 Å². The first-order chi connectivity index (χ1) is 8.88. The van der Waals surface area contributed by atoms with Gasteiger partial charge in [0.25, 0.3) is 0 Å². The fraction of sp³-hybridized carbons (Fsp3) is 0.294. The molecule has 2 aromatic rings. The van der Waals surface area contributed by atoms with E-state index >= 15 is 0 Å². The Morgan fingerprint density at radius 1 is 0.722 bits per heavy atom. The van der Waals surface area contributed by atoms with Crippen molar-refractivity contribution >= 4 is 0 Å². The van der Waals surface area contributed by atoms with Crippen LogP contribution < -0.4 is 0 Å². The molecular formula is C17H20O. The quantitative estimate of drug-likeness (QED) is 0.729. The second kappa shape index (κ2) is 6.97. The lowest BCUT2D eigenvalue weighted by Crippen LogP contribution is -1.94. The molecule has 0 amide bonds. The summed E-state index contributed by atoms with van der Waals surface area (Å²) in [5, 5.41) is 0. The van der Waals surface area contributed by atoms with Crippen LogP contribution in [-0.4, -0.2) is 0 Å². The highest BCUT2D eigenvalue weighted by Gasteiger charge is 1.96. The second-order valence-corrected chi connectivity index (χ2v) is 4.54. The summed E-state index contributed by atoms with van der Waals surface area (Å²) in [5.41, 5.74) is 3.87. The molecule has 1 nitrogen and oxygen atoms in total. The highest BCUT2D eigenvalue weighted by Crippen LogP contribution is 2.09. The minimum Gasteiger partial charge on any atom is -0.372 e. The van der Waals surface area contributed by atoms with Gasteiger partial charge in [0.1, 0.15) is 0 Å². The number of hydrogen-bond donors (Lipinski definition) is 0. The molecule has 2 rings (SSSR count). The normalized spacial score (nSPS) is 10.5. The third-order valence-corrected chi connectivity index (χ3v) is 2.94. The third kappa shape index (κ3) is 4.01. The molecule has 0 saturated heterocycles. The molecule has 0 radical (unpaired) electrons. The van der Waals surface area contributed by atoms with Crippen LogP contribution >= 0.6 is 0 Å². The number of benzene rings is 2. The Kier molecular flexibility index (Phi) is 4.98. The summed E-state index contributed by atoms with van der Waals surface area (Å²) < 4.78 is 5.71. The molecule has 0 heterocycles. The minimum atomic E-state index is 0.678. The first kappa shape index (κ1) is 12.8. The molecule has 0 aliphatic rings. The van der Waals surface area contributed by atoms with Gasteiger partial charge in [0.05, 0.1) is 13.2 Å². The van der Waals surface area contributed by atoms with Crippen LogP contribution in [0.3, 0.4) is 0 Å². The molecule has 0 bridgehead atoms. The maximum Gasteiger partial charge on any atom is 0.0721 e. The number of ether oxygens (including phenoxy) is 1. The molecule has 0 N–H and O–H groups in total. The SMILES string of the molecule is CCCc1ccc(COCc2ccccc2)cc1. The van der Waals surface area contributed by atoms with E-state index in [0.717, 1.165) is 6.42 Å². The van der Waals surface area contributed by atoms with Gasteiger partial charge in [0, 0.05) is 0 Å². The largest absolute Gasteiger partial charge is 0.372 e. The lowest BCUT2D eigenvalue weighted by molar-refractivity contribution is 0.107. The Bertz CT molecular complexity index is 445. The first-order valence-corrected chi connectivity index (χ1v) is 6.58. The van der Waals surface area contributed by atoms with Crippen LogP contribution in [0.4, 0.5) is 0 Å². The molecule has 94 valence electrons. The Balaban J connectivity index is 1.80. The average molecular weight is 240 g/mol. The monoisotopic (exact) mass is 240 g/mol. The Morgan fingerprint density at radius 3 is 1.89 bits per heavy atom. The molecule has 1 heteroatoms. The van der Waals surface area contributed by atoms with E-state index in [1.165, 1.54) is 23.1 Å². The minimum absolute atomic E-state index is 0.678. The molecule has 0 saturated carbocycles. The van der Waals surface area contributed by atoms with E-state index < -0.39 is 0 Å². The summed E-state index contributed by atoms with van der Waals surface area (Å²) >= 11 is 0. The molecule has 0 aromatic heterocycles. The van der Waals surface area contributed by atoms with Crippen molar-refractivity contribution in [2.75, 3.05) is 0 Å². The predicted octanol–water partition coefficient (Wildman–Crippen LogP) is 4.36. The second-order valence-electron chi connectivity index (χ2n) is 4.54. The Hall–Kier alpha value is -1.60. The van der Waals surface area contributed by atoms with Crippen LogP contribution in [0.15, 0.2) is 54.6 Å². The van der Waals surface area contributed by atoms with E-state index in [1.54, 1.807) is 0 Å². The number of hydrogen-bond acceptors (Lipinski definition) is 1. The topological polar surface area (TPSA) is 9.23 Å². The summed E-state index contributed by atoms with van der Waals surface area (Å²) in [5.74, 6) is 0. The molecule has 0 aliphatic heterocycles. The van der Waals surface area contributed by atoms with Crippen LogP contribution in [0.5, 0.6) is 0 Å². The molecule has 0 atom stereocenters. The van der Waals surface area contributed by atoms with E-state index in [2.05, 4.69) is 43.3 Å². The summed E-state index contributed by atoms with van der Waals surface area (Å²) in [6, 6.07) is 19.0. The van der Waals surface area contributed by atoms with Crippen LogP contribution in [0.1, 0.15) is 30.0 Å². The van der Waals surface area contributed by atoms with Crippen LogP contribution in [0.25, 0.3) is 0 Å². The molecule has 0 fully saturated rings. The van der Waals surface area contributed by atoms with Crippen molar-refractivity contribution in [1.82, 2.24) is 0 Å². The van der Waals surface area contributed by atoms with Crippen molar-refractivity contribution in [2.45, 2.75) is 33.0 Å². The molecular weight excluding hydrogens is 220 g/mol. The smallest absolute Gasteiger partial charge is 0.0721 e. The standard InChI is InChI=1S/C17H20O/c1-2-6-15-9-11-17(12-10-15)14-18-13-16-7-4-3-5-8-16/h3-5,7-12H,2,6,13-14H2,1H3. The van der Waals surface area contributed by atoms with Crippen LogP contribution in [0.2, 0.25) is 0 Å². The average Bonchev–Trinajstić information content (AvgIpc) is 2.42. The van der Waals surface area contributed by atoms with Gasteiger partial charge in [-0.25, -0.2) is 0 Å². The van der Waals surface area contributed by atoms with Crippen molar-refractivity contribution in [1.29, 1.82) is 0 Å². The van der Waals surface area contributed by atoms with Gasteiger partial charge >= 0.3 is 0 Å². The molecule has 0 aliphatic carbocycles. The molecule has 2 aromatic carbocycles. The molecule has 0 unspecified atom stereocenters. The maximum atomic E-state index is 5.71. The highest BCUT2D eigenvalue weighted by atomic mass is 16.5. The van der Waals surface area contributed by atoms with Crippen LogP contribution in [-0.2, 0) is 24.4 Å². The zero-order valence-corrected chi connectivity index (χ0v) is 10.9. The van der Waals surface area contributed by atoms with Gasteiger partial charge in [-0.3, -0.25) is 0 Å². The van der Waals surface area contributed by atoms with Gasteiger partial charge in [0.2, 0.25) is 0 Å². The summed E-state index contributed by atoms with van der Waals surface area (Å²) in [6.45, 7) is 3.57. The summed E-state index contributed by atoms with van der Waals surface area (Å²) in [4.78, 5) is 0. The first-order valence-electron chi connectivity index (χ1n) is 6.58. The Labute approximate surface area is 109 Å². The summed E-state index contributed by atoms with van der Waals surface area (Å²) in [7, 11) is 0. The summed E-state index contributed by atoms with van der Waals surface area (Å²) in [6.07, 6.45) is 2.36. The van der Waals surface area contributed by atoms with Crippen molar-refractivity contribution in [2.24, 2.45) is 0 Å². The van der Waals surface area contributed by atoms with Crippen molar-refractivity contribution in [3.63, 3.8) is 0 Å². The van der Waals surface area contributed by atoms with Crippen LogP contribution in [0, 0.1) is 0 Å². The van der Waals surface area contributed by atoms with Gasteiger partial charge in [-0.2, -0.15) is 0 Å². The third-order valence-electron chi connectivity index (χ3n) is 2.94. The lowest BCUT2D eigenvalue weighted by atomic mass is 10.1. The van der Waals surface area contributed by atoms with E-state index in [1.807, 2.05) is 18.2 Å². The maximum absolute atomic E-state index is 5.71. The van der Waals surface area contributed by atoms with E-state index in [9.17, 15) is 0 Å². The van der Waals surface area contributed by atoms with Crippen molar-refractivity contribution in [3.05, 3.63) is 71.3 Å². The zero-order valence-electron chi connectivity index (χ0n) is 10.9. The highest BCUT2D eigenvalue weighted by molar-refractivity contribution is 5.22. The number of rotatable bonds is 6. The van der Waals surface area contributed by atoms with Gasteiger partial charge in [-0.05, 0) is 23.1 Å². The number of aryl methyl sites for hydroxylation is 1. The van der Waals surface area contributed by atoms with Crippen molar-refractivity contribution in [3.8, 4) is 0 Å². The van der Waals surface area contributed by atoms with E-state index in [-0.39, 0.29) is 0 Å². The fourth-order valence-electron chi connectivity index (χ4n) is 1.95. The molecule has 18 heavy (non-hydrogen) atoms. The molecule has 0 spiro atoms. The fourth-order valence-corrected chi connectivity index (χ4v) is 1.95. The van der Waals surface area contributed by atoms with Gasteiger partial charge < -0.3 is 4.74 Å². The van der Waals surface area contributed by atoms with Crippen molar-refractivity contribution < 1.29 is 4.74 Å².